The lowest BCUT2D eigenvalue weighted by molar-refractivity contribution is -0.127. The van der Waals surface area contributed by atoms with Crippen molar-refractivity contribution in [2.75, 3.05) is 5.73 Å². The number of amides is 1. The smallest absolute Gasteiger partial charge is 0.383 e. The van der Waals surface area contributed by atoms with Crippen molar-refractivity contribution in [3.05, 3.63) is 46.6 Å². The molecule has 0 spiro atoms. The summed E-state index contributed by atoms with van der Waals surface area (Å²) in [7, 11) is 0. The maximum Gasteiger partial charge on any atom is 0.394 e. The first-order valence-electron chi connectivity index (χ1n) is 9.22. The molecule has 2 aromatic rings. The number of aromatic nitrogens is 2. The number of primary amides is 1. The van der Waals surface area contributed by atoms with Gasteiger partial charge in [0.05, 0.1) is 18.2 Å². The quantitative estimate of drug-likeness (QED) is 0.805. The zero-order chi connectivity index (χ0) is 20.9. The van der Waals surface area contributed by atoms with Gasteiger partial charge in [-0.1, -0.05) is 45.0 Å². The zero-order valence-corrected chi connectivity index (χ0v) is 16.2. The summed E-state index contributed by atoms with van der Waals surface area (Å²) in [5, 5.41) is 4.10. The van der Waals surface area contributed by atoms with Gasteiger partial charge in [-0.2, -0.15) is 18.3 Å². The standard InChI is InChI=1S/C20H25F3N4O/c1-19(2,3)13-8-6-12(7-9-13)16(11-4-5-11)27-17(24)15(18(25)28)14(26-27)10-20(21,22)23/h6-9,11,16H,4-5,10,24H2,1-3H3,(H2,25,28). The molecule has 1 aromatic carbocycles. The topological polar surface area (TPSA) is 86.9 Å². The highest BCUT2D eigenvalue weighted by Gasteiger charge is 2.39. The molecule has 1 unspecified atom stereocenters. The highest BCUT2D eigenvalue weighted by atomic mass is 19.4. The van der Waals surface area contributed by atoms with Crippen LogP contribution >= 0.6 is 0 Å². The van der Waals surface area contributed by atoms with Gasteiger partial charge in [0.2, 0.25) is 0 Å². The number of nitrogens with two attached hydrogens (primary N) is 2. The molecular formula is C20H25F3N4O. The molecule has 0 radical (unpaired) electrons. The molecule has 8 heteroatoms. The first-order chi connectivity index (χ1) is 12.9. The number of benzene rings is 1. The lowest BCUT2D eigenvalue weighted by atomic mass is 9.86. The molecule has 4 N–H and O–H groups in total. The molecule has 1 aliphatic carbocycles. The first-order valence-corrected chi connectivity index (χ1v) is 9.22. The van der Waals surface area contributed by atoms with Gasteiger partial charge >= 0.3 is 6.18 Å². The van der Waals surface area contributed by atoms with Crippen molar-refractivity contribution in [3.63, 3.8) is 0 Å². The Kier molecular flexibility index (Phi) is 4.93. The number of hydrogen-bond acceptors (Lipinski definition) is 3. The van der Waals surface area contributed by atoms with E-state index in [9.17, 15) is 18.0 Å². The number of carbonyl (C=O) groups excluding carboxylic acids is 1. The molecule has 1 heterocycles. The van der Waals surface area contributed by atoms with Gasteiger partial charge in [-0.25, -0.2) is 4.68 Å². The summed E-state index contributed by atoms with van der Waals surface area (Å²) in [5.41, 5.74) is 12.6. The van der Waals surface area contributed by atoms with Gasteiger partial charge in [-0.15, -0.1) is 0 Å². The van der Waals surface area contributed by atoms with Crippen LogP contribution in [0.3, 0.4) is 0 Å². The average molecular weight is 394 g/mol. The molecule has 5 nitrogen and oxygen atoms in total. The van der Waals surface area contributed by atoms with Gasteiger partial charge in [0, 0.05) is 0 Å². The van der Waals surface area contributed by atoms with Crippen molar-refractivity contribution >= 4 is 11.7 Å². The summed E-state index contributed by atoms with van der Waals surface area (Å²) in [6, 6.07) is 7.61. The minimum atomic E-state index is -4.51. The summed E-state index contributed by atoms with van der Waals surface area (Å²) in [5.74, 6) is -0.897. The van der Waals surface area contributed by atoms with E-state index in [2.05, 4.69) is 25.9 Å². The van der Waals surface area contributed by atoms with Gasteiger partial charge in [-0.05, 0) is 35.3 Å². The zero-order valence-electron chi connectivity index (χ0n) is 16.2. The van der Waals surface area contributed by atoms with Crippen LogP contribution in [-0.4, -0.2) is 21.9 Å². The predicted molar refractivity (Wildman–Crippen MR) is 101 cm³/mol. The van der Waals surface area contributed by atoms with Gasteiger partial charge in [-0.3, -0.25) is 4.79 Å². The van der Waals surface area contributed by atoms with Crippen LogP contribution in [0, 0.1) is 5.92 Å². The SMILES string of the molecule is CC(C)(C)c1ccc(C(C2CC2)n2nc(CC(F)(F)F)c(C(N)=O)c2N)cc1. The monoisotopic (exact) mass is 394 g/mol. The van der Waals surface area contributed by atoms with Gasteiger partial charge < -0.3 is 11.5 Å². The van der Waals surface area contributed by atoms with E-state index in [0.717, 1.165) is 24.0 Å². The summed E-state index contributed by atoms with van der Waals surface area (Å²) in [6.45, 7) is 6.32. The van der Waals surface area contributed by atoms with Crippen molar-refractivity contribution in [3.8, 4) is 0 Å². The Labute approximate surface area is 161 Å². The maximum atomic E-state index is 12.9. The van der Waals surface area contributed by atoms with Gasteiger partial charge in [0.25, 0.3) is 5.91 Å². The highest BCUT2D eigenvalue weighted by Crippen LogP contribution is 2.45. The van der Waals surface area contributed by atoms with E-state index < -0.39 is 24.2 Å². The van der Waals surface area contributed by atoms with E-state index in [1.54, 1.807) is 0 Å². The molecule has 1 saturated carbocycles. The maximum absolute atomic E-state index is 12.9. The van der Waals surface area contributed by atoms with Crippen LogP contribution in [0.4, 0.5) is 19.0 Å². The third kappa shape index (κ3) is 4.15. The highest BCUT2D eigenvalue weighted by molar-refractivity contribution is 5.98. The third-order valence-electron chi connectivity index (χ3n) is 5.08. The fourth-order valence-corrected chi connectivity index (χ4v) is 3.50. The van der Waals surface area contributed by atoms with Gasteiger partial charge in [0.15, 0.2) is 0 Å². The van der Waals surface area contributed by atoms with Gasteiger partial charge in [0.1, 0.15) is 11.4 Å². The van der Waals surface area contributed by atoms with E-state index in [-0.39, 0.29) is 28.8 Å². The van der Waals surface area contributed by atoms with E-state index >= 15 is 0 Å². The Balaban J connectivity index is 2.06. The fourth-order valence-electron chi connectivity index (χ4n) is 3.50. The van der Waals surface area contributed by atoms with Crippen LogP contribution in [-0.2, 0) is 11.8 Å². The molecule has 1 aliphatic rings. The van der Waals surface area contributed by atoms with Crippen molar-refractivity contribution in [1.29, 1.82) is 0 Å². The normalized spacial score (nSPS) is 16.2. The second kappa shape index (κ2) is 6.83. The van der Waals surface area contributed by atoms with Crippen LogP contribution in [0.25, 0.3) is 0 Å². The fraction of sp³-hybridized carbons (Fsp3) is 0.500. The lowest BCUT2D eigenvalue weighted by Crippen LogP contribution is -2.19. The van der Waals surface area contributed by atoms with Crippen LogP contribution < -0.4 is 11.5 Å². The number of nitrogen functional groups attached to an aromatic ring is 1. The van der Waals surface area contributed by atoms with E-state index in [1.807, 2.05) is 24.3 Å². The molecule has 0 saturated heterocycles. The molecule has 152 valence electrons. The Bertz CT molecular complexity index is 875. The molecule has 1 atom stereocenters. The molecule has 0 aliphatic heterocycles. The molecular weight excluding hydrogens is 369 g/mol. The number of carbonyl (C=O) groups is 1. The van der Waals surface area contributed by atoms with Crippen molar-refractivity contribution < 1.29 is 18.0 Å². The summed E-state index contributed by atoms with van der Waals surface area (Å²) < 4.78 is 40.2. The molecule has 1 amide bonds. The van der Waals surface area contributed by atoms with Crippen LogP contribution in [0.5, 0.6) is 0 Å². The number of rotatable bonds is 5. The largest absolute Gasteiger partial charge is 0.394 e. The van der Waals surface area contributed by atoms with Crippen molar-refractivity contribution in [1.82, 2.24) is 9.78 Å². The molecule has 1 fully saturated rings. The summed E-state index contributed by atoms with van der Waals surface area (Å²) >= 11 is 0. The molecule has 0 bridgehead atoms. The molecule has 3 rings (SSSR count). The summed E-state index contributed by atoms with van der Waals surface area (Å²) in [6.07, 6.45) is -4.01. The second-order valence-electron chi connectivity index (χ2n) is 8.46. The second-order valence-corrected chi connectivity index (χ2v) is 8.46. The minimum Gasteiger partial charge on any atom is -0.383 e. The Morgan fingerprint density at radius 3 is 2.21 bits per heavy atom. The first kappa shape index (κ1) is 20.2. The Hall–Kier alpha value is -2.51. The number of alkyl halides is 3. The molecule has 28 heavy (non-hydrogen) atoms. The lowest BCUT2D eigenvalue weighted by Gasteiger charge is -2.22. The van der Waals surface area contributed by atoms with Crippen molar-refractivity contribution in [2.45, 2.75) is 57.7 Å². The number of hydrogen-bond donors (Lipinski definition) is 2. The van der Waals surface area contributed by atoms with Crippen LogP contribution in [0.1, 0.15) is 66.8 Å². The third-order valence-corrected chi connectivity index (χ3v) is 5.08. The van der Waals surface area contributed by atoms with Crippen LogP contribution in [0.2, 0.25) is 0 Å². The predicted octanol–water partition coefficient (Wildman–Crippen LogP) is 3.97. The summed E-state index contributed by atoms with van der Waals surface area (Å²) in [4.78, 5) is 11.8. The number of nitrogens with zero attached hydrogens (tertiary/aromatic N) is 2. The van der Waals surface area contributed by atoms with Crippen LogP contribution in [0.15, 0.2) is 24.3 Å². The molecule has 1 aromatic heterocycles. The average Bonchev–Trinajstić information content (AvgIpc) is 3.31. The van der Waals surface area contributed by atoms with E-state index in [0.29, 0.717) is 0 Å². The van der Waals surface area contributed by atoms with E-state index in [1.165, 1.54) is 4.68 Å². The Morgan fingerprint density at radius 2 is 1.79 bits per heavy atom. The number of halogens is 3. The number of anilines is 1. The van der Waals surface area contributed by atoms with E-state index in [4.69, 9.17) is 11.5 Å². The van der Waals surface area contributed by atoms with Crippen molar-refractivity contribution in [2.24, 2.45) is 11.7 Å². The minimum absolute atomic E-state index is 0.0165. The Morgan fingerprint density at radius 1 is 1.21 bits per heavy atom.